The van der Waals surface area contributed by atoms with Crippen LogP contribution in [0.25, 0.3) is 0 Å². The highest BCUT2D eigenvalue weighted by molar-refractivity contribution is 5.78. The van der Waals surface area contributed by atoms with Crippen LogP contribution in [0, 0.1) is 5.92 Å². The van der Waals surface area contributed by atoms with Crippen molar-refractivity contribution in [3.05, 3.63) is 18.0 Å². The minimum atomic E-state index is -4.45. The van der Waals surface area contributed by atoms with E-state index in [-0.39, 0.29) is 24.5 Å². The van der Waals surface area contributed by atoms with Crippen molar-refractivity contribution in [3.63, 3.8) is 0 Å². The van der Waals surface area contributed by atoms with Gasteiger partial charge in [-0.1, -0.05) is 0 Å². The molecule has 0 aromatic carbocycles. The number of carbonyl (C=O) groups is 1. The zero-order chi connectivity index (χ0) is 17.9. The van der Waals surface area contributed by atoms with Crippen LogP contribution in [0.3, 0.4) is 0 Å². The number of carbonyl (C=O) groups excluding carboxylic acids is 1. The average molecular weight is 349 g/mol. The Kier molecular flexibility index (Phi) is 5.87. The van der Waals surface area contributed by atoms with Gasteiger partial charge in [0.2, 0.25) is 5.91 Å². The molecule has 24 heavy (non-hydrogen) atoms. The number of alkyl halides is 3. The number of aliphatic hydroxyl groups is 1. The maximum atomic E-state index is 12.1. The van der Waals surface area contributed by atoms with E-state index in [4.69, 9.17) is 0 Å². The zero-order valence-electron chi connectivity index (χ0n) is 13.7. The lowest BCUT2D eigenvalue weighted by molar-refractivity contribution is -0.177. The predicted octanol–water partition coefficient (Wildman–Crippen LogP) is 1.58. The van der Waals surface area contributed by atoms with Crippen molar-refractivity contribution in [1.82, 2.24) is 14.7 Å². The Morgan fingerprint density at radius 1 is 1.46 bits per heavy atom. The molecule has 1 N–H and O–H groups in total. The van der Waals surface area contributed by atoms with Crippen molar-refractivity contribution >= 4 is 5.91 Å². The van der Waals surface area contributed by atoms with Crippen LogP contribution in [-0.4, -0.2) is 64.8 Å². The number of amides is 1. The normalized spacial score (nSPS) is 21.7. The number of hydrogen-bond acceptors (Lipinski definition) is 4. The molecule has 9 heteroatoms. The van der Waals surface area contributed by atoms with E-state index < -0.39 is 25.3 Å². The molecular weight excluding hydrogens is 327 g/mol. The quantitative estimate of drug-likeness (QED) is 0.847. The second kappa shape index (κ2) is 7.52. The number of halogens is 3. The van der Waals surface area contributed by atoms with Gasteiger partial charge in [-0.15, -0.1) is 0 Å². The summed E-state index contributed by atoms with van der Waals surface area (Å²) >= 11 is 0. The van der Waals surface area contributed by atoms with E-state index in [1.54, 1.807) is 10.9 Å². The fourth-order valence-corrected chi connectivity index (χ4v) is 2.81. The second-order valence-electron chi connectivity index (χ2n) is 6.30. The molecule has 0 bridgehead atoms. The summed E-state index contributed by atoms with van der Waals surface area (Å²) in [4.78, 5) is 13.5. The Labute approximate surface area is 138 Å². The molecule has 6 nitrogen and oxygen atoms in total. The number of aromatic nitrogens is 2. The van der Waals surface area contributed by atoms with Crippen molar-refractivity contribution in [3.8, 4) is 0 Å². The largest absolute Gasteiger partial charge is 0.411 e. The molecule has 1 aromatic rings. The molecule has 0 aliphatic carbocycles. The van der Waals surface area contributed by atoms with E-state index in [0.717, 1.165) is 5.56 Å². The molecule has 0 unspecified atom stereocenters. The maximum Gasteiger partial charge on any atom is 0.411 e. The molecule has 1 saturated heterocycles. The standard InChI is InChI=1S/C15H22F3N3O3/c1-10(2)21-5-11(3-19-21)13-6-20(4-12(13)7-22)14(23)8-24-9-15(16,17)18/h3,5,10,12-13,22H,4,6-9H2,1-2H3/t12-,13-/m0/s1. The lowest BCUT2D eigenvalue weighted by Crippen LogP contribution is -2.33. The predicted molar refractivity (Wildman–Crippen MR) is 79.4 cm³/mol. The van der Waals surface area contributed by atoms with Crippen LogP contribution >= 0.6 is 0 Å². The third kappa shape index (κ3) is 4.70. The summed E-state index contributed by atoms with van der Waals surface area (Å²) in [7, 11) is 0. The molecule has 0 spiro atoms. The molecule has 0 radical (unpaired) electrons. The summed E-state index contributed by atoms with van der Waals surface area (Å²) in [5, 5.41) is 13.8. The first kappa shape index (κ1) is 18.7. The Morgan fingerprint density at radius 3 is 2.71 bits per heavy atom. The highest BCUT2D eigenvalue weighted by Crippen LogP contribution is 2.32. The van der Waals surface area contributed by atoms with Crippen molar-refractivity contribution in [2.24, 2.45) is 5.92 Å². The molecule has 1 fully saturated rings. The Bertz CT molecular complexity index is 560. The van der Waals surface area contributed by atoms with Gasteiger partial charge in [-0.25, -0.2) is 0 Å². The molecule has 2 atom stereocenters. The highest BCUT2D eigenvalue weighted by Gasteiger charge is 2.37. The molecule has 1 aliphatic rings. The summed E-state index contributed by atoms with van der Waals surface area (Å²) in [5.41, 5.74) is 0.911. The lowest BCUT2D eigenvalue weighted by atomic mass is 9.92. The smallest absolute Gasteiger partial charge is 0.396 e. The minimum absolute atomic E-state index is 0.0888. The molecule has 136 valence electrons. The topological polar surface area (TPSA) is 67.6 Å². The van der Waals surface area contributed by atoms with Crippen molar-refractivity contribution in [2.45, 2.75) is 32.0 Å². The number of hydrogen-bond donors (Lipinski definition) is 1. The molecular formula is C15H22F3N3O3. The van der Waals surface area contributed by atoms with E-state index in [1.165, 1.54) is 4.90 Å². The highest BCUT2D eigenvalue weighted by atomic mass is 19.4. The van der Waals surface area contributed by atoms with E-state index in [1.807, 2.05) is 20.0 Å². The van der Waals surface area contributed by atoms with E-state index >= 15 is 0 Å². The van der Waals surface area contributed by atoms with Gasteiger partial charge in [0, 0.05) is 43.8 Å². The van der Waals surface area contributed by atoms with Gasteiger partial charge in [-0.05, 0) is 19.4 Å². The summed E-state index contributed by atoms with van der Waals surface area (Å²) in [6, 6.07) is 0.196. The summed E-state index contributed by atoms with van der Waals surface area (Å²) in [6.07, 6.45) is -0.861. The van der Waals surface area contributed by atoms with Crippen molar-refractivity contribution in [1.29, 1.82) is 0 Å². The third-order valence-electron chi connectivity index (χ3n) is 4.10. The minimum Gasteiger partial charge on any atom is -0.396 e. The average Bonchev–Trinajstić information content (AvgIpc) is 3.12. The van der Waals surface area contributed by atoms with Gasteiger partial charge in [-0.3, -0.25) is 9.48 Å². The third-order valence-corrected chi connectivity index (χ3v) is 4.10. The van der Waals surface area contributed by atoms with Crippen LogP contribution in [0.2, 0.25) is 0 Å². The Morgan fingerprint density at radius 2 is 2.17 bits per heavy atom. The molecule has 2 heterocycles. The summed E-state index contributed by atoms with van der Waals surface area (Å²) < 4.78 is 42.4. The summed E-state index contributed by atoms with van der Waals surface area (Å²) in [6.45, 7) is 2.44. The first-order valence-electron chi connectivity index (χ1n) is 7.78. The molecule has 1 aliphatic heterocycles. The number of aliphatic hydroxyl groups excluding tert-OH is 1. The SMILES string of the molecule is CC(C)n1cc([C@@H]2CN(C(=O)COCC(F)(F)F)C[C@H]2CO)cn1. The fraction of sp³-hybridized carbons (Fsp3) is 0.733. The van der Waals surface area contributed by atoms with E-state index in [9.17, 15) is 23.1 Å². The van der Waals surface area contributed by atoms with Crippen molar-refractivity contribution in [2.75, 3.05) is 32.9 Å². The first-order valence-corrected chi connectivity index (χ1v) is 7.78. The Hall–Kier alpha value is -1.61. The zero-order valence-corrected chi connectivity index (χ0v) is 13.7. The number of ether oxygens (including phenoxy) is 1. The molecule has 1 amide bonds. The number of rotatable bonds is 6. The van der Waals surface area contributed by atoms with E-state index in [2.05, 4.69) is 9.84 Å². The molecule has 2 rings (SSSR count). The Balaban J connectivity index is 1.96. The van der Waals surface area contributed by atoms with Gasteiger partial charge < -0.3 is 14.7 Å². The summed E-state index contributed by atoms with van der Waals surface area (Å²) in [5.74, 6) is -0.758. The van der Waals surface area contributed by atoms with Crippen LogP contribution < -0.4 is 0 Å². The monoisotopic (exact) mass is 349 g/mol. The van der Waals surface area contributed by atoms with Gasteiger partial charge in [0.15, 0.2) is 0 Å². The van der Waals surface area contributed by atoms with Gasteiger partial charge in [0.1, 0.15) is 13.2 Å². The number of nitrogens with zero attached hydrogens (tertiary/aromatic N) is 3. The fourth-order valence-electron chi connectivity index (χ4n) is 2.81. The van der Waals surface area contributed by atoms with Crippen LogP contribution in [0.4, 0.5) is 13.2 Å². The van der Waals surface area contributed by atoms with Gasteiger partial charge in [-0.2, -0.15) is 18.3 Å². The number of likely N-dealkylation sites (tertiary alicyclic amines) is 1. The van der Waals surface area contributed by atoms with Gasteiger partial charge in [0.25, 0.3) is 0 Å². The van der Waals surface area contributed by atoms with Crippen LogP contribution in [-0.2, 0) is 9.53 Å². The van der Waals surface area contributed by atoms with Gasteiger partial charge >= 0.3 is 6.18 Å². The molecule has 1 aromatic heterocycles. The van der Waals surface area contributed by atoms with Crippen LogP contribution in [0.15, 0.2) is 12.4 Å². The second-order valence-corrected chi connectivity index (χ2v) is 6.30. The van der Waals surface area contributed by atoms with Crippen molar-refractivity contribution < 1.29 is 27.8 Å². The van der Waals surface area contributed by atoms with Gasteiger partial charge in [0.05, 0.1) is 6.20 Å². The maximum absolute atomic E-state index is 12.1. The van der Waals surface area contributed by atoms with Crippen LogP contribution in [0.1, 0.15) is 31.4 Å². The van der Waals surface area contributed by atoms with Crippen LogP contribution in [0.5, 0.6) is 0 Å². The lowest BCUT2D eigenvalue weighted by Gasteiger charge is -2.16. The first-order chi connectivity index (χ1) is 11.2. The van der Waals surface area contributed by atoms with E-state index in [0.29, 0.717) is 13.1 Å². The molecule has 0 saturated carbocycles.